The Morgan fingerprint density at radius 3 is 1.97 bits per heavy atom. The third kappa shape index (κ3) is 5.04. The number of anilines is 2. The Hall–Kier alpha value is -2.52. The number of morpholine rings is 2. The Bertz CT molecular complexity index is 828. The Morgan fingerprint density at radius 2 is 1.35 bits per heavy atom. The summed E-state index contributed by atoms with van der Waals surface area (Å²) in [6.07, 6.45) is 6.20. The van der Waals surface area contributed by atoms with Crippen LogP contribution in [0.25, 0.3) is 11.5 Å². The van der Waals surface area contributed by atoms with Crippen LogP contribution >= 0.6 is 0 Å². The Kier molecular flexibility index (Phi) is 6.40. The molecule has 0 N–H and O–H groups in total. The lowest BCUT2D eigenvalue weighted by Crippen LogP contribution is -2.40. The van der Waals surface area contributed by atoms with Crippen LogP contribution in [0.1, 0.15) is 32.1 Å². The van der Waals surface area contributed by atoms with Gasteiger partial charge in [0.05, 0.1) is 26.4 Å². The molecule has 3 aliphatic rings. The number of ether oxygens (including phenoxy) is 3. The van der Waals surface area contributed by atoms with E-state index in [4.69, 9.17) is 34.1 Å². The minimum absolute atomic E-state index is 0.252. The van der Waals surface area contributed by atoms with Gasteiger partial charge in [-0.05, 0) is 31.7 Å². The molecule has 166 valence electrons. The van der Waals surface area contributed by atoms with Gasteiger partial charge in [0.1, 0.15) is 11.8 Å². The standard InChI is InChI=1S/C22H30N6O3/c1-2-5-17(6-3-1)31-19-8-4-7-18(23-19)20-24-21(27-9-13-29-14-10-27)26-22(25-20)28-11-15-30-16-12-28/h4,7-8,17H,1-3,5-6,9-16H2. The number of aromatic nitrogens is 4. The van der Waals surface area contributed by atoms with Crippen molar-refractivity contribution in [2.45, 2.75) is 38.2 Å². The molecule has 9 heteroatoms. The van der Waals surface area contributed by atoms with Crippen molar-refractivity contribution in [2.75, 3.05) is 62.4 Å². The summed E-state index contributed by atoms with van der Waals surface area (Å²) in [6.45, 7) is 5.78. The van der Waals surface area contributed by atoms with E-state index in [1.54, 1.807) is 0 Å². The van der Waals surface area contributed by atoms with Gasteiger partial charge in [0, 0.05) is 32.2 Å². The van der Waals surface area contributed by atoms with E-state index >= 15 is 0 Å². The van der Waals surface area contributed by atoms with Gasteiger partial charge in [-0.1, -0.05) is 12.5 Å². The maximum absolute atomic E-state index is 6.17. The lowest BCUT2D eigenvalue weighted by atomic mass is 9.98. The zero-order chi connectivity index (χ0) is 20.9. The fourth-order valence-electron chi connectivity index (χ4n) is 4.24. The fourth-order valence-corrected chi connectivity index (χ4v) is 4.24. The Balaban J connectivity index is 1.44. The third-order valence-corrected chi connectivity index (χ3v) is 5.99. The van der Waals surface area contributed by atoms with Crippen LogP contribution in [0.15, 0.2) is 18.2 Å². The number of hydrogen-bond acceptors (Lipinski definition) is 9. The number of rotatable bonds is 5. The molecule has 0 spiro atoms. The summed E-state index contributed by atoms with van der Waals surface area (Å²) < 4.78 is 17.2. The van der Waals surface area contributed by atoms with Crippen molar-refractivity contribution in [1.29, 1.82) is 0 Å². The highest BCUT2D eigenvalue weighted by Crippen LogP contribution is 2.25. The first-order chi connectivity index (χ1) is 15.3. The van der Waals surface area contributed by atoms with Crippen LogP contribution in [0.3, 0.4) is 0 Å². The Morgan fingerprint density at radius 1 is 0.742 bits per heavy atom. The normalized spacial score (nSPS) is 20.6. The van der Waals surface area contributed by atoms with Gasteiger partial charge in [0.15, 0.2) is 5.82 Å². The van der Waals surface area contributed by atoms with Crippen LogP contribution in [0.4, 0.5) is 11.9 Å². The molecule has 9 nitrogen and oxygen atoms in total. The summed E-state index contributed by atoms with van der Waals surface area (Å²) in [7, 11) is 0. The fraction of sp³-hybridized carbons (Fsp3) is 0.636. The van der Waals surface area contributed by atoms with Crippen LogP contribution < -0.4 is 14.5 Å². The highest BCUT2D eigenvalue weighted by molar-refractivity contribution is 5.55. The molecule has 1 saturated carbocycles. The molecule has 1 aliphatic carbocycles. The molecular formula is C22H30N6O3. The highest BCUT2D eigenvalue weighted by Gasteiger charge is 2.22. The molecule has 2 aromatic rings. The maximum Gasteiger partial charge on any atom is 0.230 e. The van der Waals surface area contributed by atoms with Crippen LogP contribution in [0, 0.1) is 0 Å². The van der Waals surface area contributed by atoms with Gasteiger partial charge in [0.25, 0.3) is 0 Å². The van der Waals surface area contributed by atoms with Gasteiger partial charge in [-0.15, -0.1) is 0 Å². The third-order valence-electron chi connectivity index (χ3n) is 5.99. The van der Waals surface area contributed by atoms with E-state index in [0.29, 0.717) is 55.7 Å². The average molecular weight is 427 g/mol. The van der Waals surface area contributed by atoms with E-state index < -0.39 is 0 Å². The molecule has 31 heavy (non-hydrogen) atoms. The SMILES string of the molecule is c1cc(OC2CCCCC2)nc(-c2nc(N3CCOCC3)nc(N3CCOCC3)n2)c1. The first-order valence-electron chi connectivity index (χ1n) is 11.4. The zero-order valence-electron chi connectivity index (χ0n) is 17.9. The van der Waals surface area contributed by atoms with E-state index in [9.17, 15) is 0 Å². The van der Waals surface area contributed by atoms with Crippen molar-refractivity contribution >= 4 is 11.9 Å². The molecule has 2 aromatic heterocycles. The molecule has 2 aliphatic heterocycles. The topological polar surface area (TPSA) is 85.7 Å². The summed E-state index contributed by atoms with van der Waals surface area (Å²) >= 11 is 0. The molecule has 3 fully saturated rings. The van der Waals surface area contributed by atoms with E-state index in [1.807, 2.05) is 18.2 Å². The molecular weight excluding hydrogens is 396 g/mol. The minimum atomic E-state index is 0.252. The second-order valence-electron chi connectivity index (χ2n) is 8.20. The molecule has 0 atom stereocenters. The van der Waals surface area contributed by atoms with Crippen LogP contribution in [0.5, 0.6) is 5.88 Å². The summed E-state index contributed by atoms with van der Waals surface area (Å²) in [4.78, 5) is 23.4. The highest BCUT2D eigenvalue weighted by atomic mass is 16.5. The van der Waals surface area contributed by atoms with E-state index in [-0.39, 0.29) is 6.10 Å². The number of hydrogen-bond donors (Lipinski definition) is 0. The van der Waals surface area contributed by atoms with Crippen LogP contribution in [0.2, 0.25) is 0 Å². The van der Waals surface area contributed by atoms with Gasteiger partial charge in [-0.25, -0.2) is 4.98 Å². The zero-order valence-corrected chi connectivity index (χ0v) is 17.9. The number of pyridine rings is 1. The van der Waals surface area contributed by atoms with Gasteiger partial charge in [-0.2, -0.15) is 15.0 Å². The van der Waals surface area contributed by atoms with Crippen molar-refractivity contribution in [2.24, 2.45) is 0 Å². The molecule has 4 heterocycles. The summed E-state index contributed by atoms with van der Waals surface area (Å²) in [5.41, 5.74) is 0.708. The second kappa shape index (κ2) is 9.74. The van der Waals surface area contributed by atoms with Crippen molar-refractivity contribution in [1.82, 2.24) is 19.9 Å². The Labute approximate surface area is 182 Å². The predicted octanol–water partition coefficient (Wildman–Crippen LogP) is 2.32. The van der Waals surface area contributed by atoms with E-state index in [2.05, 4.69) is 9.80 Å². The first-order valence-corrected chi connectivity index (χ1v) is 11.4. The van der Waals surface area contributed by atoms with Crippen molar-refractivity contribution in [3.63, 3.8) is 0 Å². The maximum atomic E-state index is 6.17. The average Bonchev–Trinajstić information content (AvgIpc) is 2.86. The number of nitrogens with zero attached hydrogens (tertiary/aromatic N) is 6. The largest absolute Gasteiger partial charge is 0.474 e. The van der Waals surface area contributed by atoms with Crippen molar-refractivity contribution in [3.05, 3.63) is 18.2 Å². The van der Waals surface area contributed by atoms with Gasteiger partial charge < -0.3 is 24.0 Å². The van der Waals surface area contributed by atoms with Gasteiger partial charge >= 0.3 is 0 Å². The molecule has 0 amide bonds. The summed E-state index contributed by atoms with van der Waals surface area (Å²) in [5.74, 6) is 2.57. The lowest BCUT2D eigenvalue weighted by molar-refractivity contribution is 0.121. The smallest absolute Gasteiger partial charge is 0.230 e. The quantitative estimate of drug-likeness (QED) is 0.715. The van der Waals surface area contributed by atoms with E-state index in [1.165, 1.54) is 19.3 Å². The van der Waals surface area contributed by atoms with Crippen LogP contribution in [-0.4, -0.2) is 78.6 Å². The van der Waals surface area contributed by atoms with Crippen molar-refractivity contribution < 1.29 is 14.2 Å². The summed E-state index contributed by atoms with van der Waals surface area (Å²) in [6, 6.07) is 5.83. The molecule has 5 rings (SSSR count). The van der Waals surface area contributed by atoms with E-state index in [0.717, 1.165) is 39.0 Å². The van der Waals surface area contributed by atoms with Crippen LogP contribution in [-0.2, 0) is 9.47 Å². The predicted molar refractivity (Wildman–Crippen MR) is 117 cm³/mol. The second-order valence-corrected chi connectivity index (χ2v) is 8.20. The molecule has 2 saturated heterocycles. The summed E-state index contributed by atoms with van der Waals surface area (Å²) in [5, 5.41) is 0. The van der Waals surface area contributed by atoms with Gasteiger partial charge in [0.2, 0.25) is 17.8 Å². The molecule has 0 bridgehead atoms. The van der Waals surface area contributed by atoms with Gasteiger partial charge in [-0.3, -0.25) is 0 Å². The monoisotopic (exact) mass is 426 g/mol. The van der Waals surface area contributed by atoms with Crippen molar-refractivity contribution in [3.8, 4) is 17.4 Å². The molecule has 0 radical (unpaired) electrons. The minimum Gasteiger partial charge on any atom is -0.474 e. The molecule has 0 aromatic carbocycles. The lowest BCUT2D eigenvalue weighted by Gasteiger charge is -2.30. The first kappa shape index (κ1) is 20.4. The molecule has 0 unspecified atom stereocenters.